The highest BCUT2D eigenvalue weighted by Crippen LogP contribution is 2.57. The van der Waals surface area contributed by atoms with Crippen molar-refractivity contribution in [3.05, 3.63) is 234 Å². The topological polar surface area (TPSA) is 71.7 Å². The summed E-state index contributed by atoms with van der Waals surface area (Å²) in [4.78, 5) is 15.2. The Hall–Kier alpha value is -7.94. The molecule has 1 aliphatic heterocycles. The van der Waals surface area contributed by atoms with Crippen molar-refractivity contribution in [1.82, 2.24) is 15.0 Å². The maximum Gasteiger partial charge on any atom is 0.164 e. The Balaban J connectivity index is 1.15. The lowest BCUT2D eigenvalue weighted by molar-refractivity contribution is 0.436. The van der Waals surface area contributed by atoms with Gasteiger partial charge in [-0.25, -0.2) is 15.0 Å². The number of rotatable bonds is 7. The summed E-state index contributed by atoms with van der Waals surface area (Å²) >= 11 is 0. The molecule has 0 fully saturated rings. The highest BCUT2D eigenvalue weighted by atomic mass is 16.5. The van der Waals surface area contributed by atoms with Crippen LogP contribution in [0.25, 0.3) is 56.4 Å². The molecule has 0 spiro atoms. The van der Waals surface area contributed by atoms with Crippen molar-refractivity contribution in [3.63, 3.8) is 0 Å². The van der Waals surface area contributed by atoms with E-state index < -0.39 is 5.41 Å². The van der Waals surface area contributed by atoms with Crippen LogP contribution < -0.4 is 4.74 Å². The van der Waals surface area contributed by atoms with Crippen molar-refractivity contribution >= 4 is 0 Å². The molecule has 0 radical (unpaired) electrons. The molecule has 10 rings (SSSR count). The van der Waals surface area contributed by atoms with Gasteiger partial charge in [-0.15, -0.1) is 0 Å². The van der Waals surface area contributed by atoms with Gasteiger partial charge >= 0.3 is 0 Å². The third-order valence-corrected chi connectivity index (χ3v) is 10.9. The van der Waals surface area contributed by atoms with Gasteiger partial charge in [-0.1, -0.05) is 164 Å². The SMILES string of the molecule is N#Cc1ccc(-c2nc(-c3cccc(-c4ccccc4)c3)nc(-c3cccc(-c4cccc5c4Oc4ccccc4C5(c4ccccc4)c4ccccc4)c3)n2)cc1. The second kappa shape index (κ2) is 14.6. The van der Waals surface area contributed by atoms with Gasteiger partial charge in [-0.3, -0.25) is 0 Å². The average molecular weight is 743 g/mol. The van der Waals surface area contributed by atoms with Crippen LogP contribution in [0.2, 0.25) is 0 Å². The highest BCUT2D eigenvalue weighted by Gasteiger charge is 2.45. The zero-order chi connectivity index (χ0) is 38.9. The van der Waals surface area contributed by atoms with Gasteiger partial charge in [0.25, 0.3) is 0 Å². The molecule has 0 bridgehead atoms. The van der Waals surface area contributed by atoms with Crippen molar-refractivity contribution in [3.8, 4) is 74.0 Å². The van der Waals surface area contributed by atoms with Crippen molar-refractivity contribution < 1.29 is 4.74 Å². The third kappa shape index (κ3) is 6.01. The molecule has 1 aliphatic rings. The maximum absolute atomic E-state index is 9.49. The zero-order valence-electron chi connectivity index (χ0n) is 31.3. The first-order chi connectivity index (χ1) is 28.7. The van der Waals surface area contributed by atoms with Gasteiger partial charge < -0.3 is 4.74 Å². The quantitative estimate of drug-likeness (QED) is 0.163. The third-order valence-electron chi connectivity index (χ3n) is 10.9. The van der Waals surface area contributed by atoms with Crippen LogP contribution in [0.5, 0.6) is 11.5 Å². The summed E-state index contributed by atoms with van der Waals surface area (Å²) in [5, 5.41) is 9.49. The van der Waals surface area contributed by atoms with E-state index in [9.17, 15) is 5.26 Å². The summed E-state index contributed by atoms with van der Waals surface area (Å²) < 4.78 is 6.96. The lowest BCUT2D eigenvalue weighted by atomic mass is 9.63. The molecular formula is C53H34N4O. The molecule has 0 saturated heterocycles. The Kier molecular flexibility index (Phi) is 8.70. The molecule has 5 heteroatoms. The monoisotopic (exact) mass is 742 g/mol. The summed E-state index contributed by atoms with van der Waals surface area (Å²) in [7, 11) is 0. The van der Waals surface area contributed by atoms with E-state index in [4.69, 9.17) is 19.7 Å². The van der Waals surface area contributed by atoms with Crippen LogP contribution in [0.1, 0.15) is 27.8 Å². The fourth-order valence-corrected chi connectivity index (χ4v) is 8.21. The molecule has 5 nitrogen and oxygen atoms in total. The predicted molar refractivity (Wildman–Crippen MR) is 230 cm³/mol. The van der Waals surface area contributed by atoms with Gasteiger partial charge in [-0.05, 0) is 70.3 Å². The van der Waals surface area contributed by atoms with E-state index in [1.54, 1.807) is 12.1 Å². The summed E-state index contributed by atoms with van der Waals surface area (Å²) in [6.07, 6.45) is 0. The minimum absolute atomic E-state index is 0.521. The molecule has 272 valence electrons. The Morgan fingerprint density at radius 2 is 0.879 bits per heavy atom. The van der Waals surface area contributed by atoms with Gasteiger partial charge in [0.2, 0.25) is 0 Å². The van der Waals surface area contributed by atoms with E-state index in [0.29, 0.717) is 23.0 Å². The van der Waals surface area contributed by atoms with Gasteiger partial charge in [0.15, 0.2) is 17.5 Å². The summed E-state index contributed by atoms with van der Waals surface area (Å²) in [5.74, 6) is 3.24. The highest BCUT2D eigenvalue weighted by molar-refractivity contribution is 5.82. The molecule has 0 saturated carbocycles. The van der Waals surface area contributed by atoms with Crippen molar-refractivity contribution in [1.29, 1.82) is 5.26 Å². The van der Waals surface area contributed by atoms with Crippen LogP contribution in [0.3, 0.4) is 0 Å². The predicted octanol–water partition coefficient (Wildman–Crippen LogP) is 12.6. The van der Waals surface area contributed by atoms with E-state index in [-0.39, 0.29) is 0 Å². The Bertz CT molecular complexity index is 2940. The maximum atomic E-state index is 9.49. The number of nitrogens with zero attached hydrogens (tertiary/aromatic N) is 4. The number of ether oxygens (including phenoxy) is 1. The lowest BCUT2D eigenvalue weighted by Gasteiger charge is -2.42. The molecule has 2 heterocycles. The molecule has 0 aliphatic carbocycles. The Morgan fingerprint density at radius 3 is 1.52 bits per heavy atom. The fourth-order valence-electron chi connectivity index (χ4n) is 8.21. The molecule has 58 heavy (non-hydrogen) atoms. The minimum Gasteiger partial charge on any atom is -0.456 e. The first-order valence-corrected chi connectivity index (χ1v) is 19.2. The van der Waals surface area contributed by atoms with E-state index in [0.717, 1.165) is 72.7 Å². The van der Waals surface area contributed by atoms with Crippen LogP contribution in [0.4, 0.5) is 0 Å². The standard InChI is InChI=1S/C53H34N4O/c54-35-36-29-31-38(32-30-36)50-55-51(41-19-12-17-39(33-41)37-15-4-1-5-16-37)57-52(56-50)42-20-13-18-40(34-42)45-25-14-27-47-49(45)58-48-28-11-10-26-46(48)53(47,43-21-6-2-7-22-43)44-23-8-3-9-24-44/h1-34H. The van der Waals surface area contributed by atoms with Crippen LogP contribution in [0.15, 0.2) is 206 Å². The number of aromatic nitrogens is 3. The molecule has 9 aromatic rings. The van der Waals surface area contributed by atoms with Crippen LogP contribution in [-0.2, 0) is 5.41 Å². The van der Waals surface area contributed by atoms with E-state index >= 15 is 0 Å². The number of hydrogen-bond acceptors (Lipinski definition) is 5. The minimum atomic E-state index is -0.631. The molecule has 1 aromatic heterocycles. The van der Waals surface area contributed by atoms with Crippen molar-refractivity contribution in [2.24, 2.45) is 0 Å². The Labute approximate surface area is 337 Å². The molecule has 0 amide bonds. The zero-order valence-corrected chi connectivity index (χ0v) is 31.3. The first-order valence-electron chi connectivity index (χ1n) is 19.2. The lowest BCUT2D eigenvalue weighted by Crippen LogP contribution is -2.34. The molecule has 8 aromatic carbocycles. The molecule has 0 atom stereocenters. The molecular weight excluding hydrogens is 709 g/mol. The first kappa shape index (κ1) is 34.5. The second-order valence-electron chi connectivity index (χ2n) is 14.3. The smallest absolute Gasteiger partial charge is 0.164 e. The van der Waals surface area contributed by atoms with Crippen LogP contribution in [0, 0.1) is 11.3 Å². The van der Waals surface area contributed by atoms with Crippen molar-refractivity contribution in [2.75, 3.05) is 0 Å². The molecule has 0 N–H and O–H groups in total. The summed E-state index contributed by atoms with van der Waals surface area (Å²) in [6.45, 7) is 0. The second-order valence-corrected chi connectivity index (χ2v) is 14.3. The number of nitriles is 1. The van der Waals surface area contributed by atoms with Crippen LogP contribution in [-0.4, -0.2) is 15.0 Å². The van der Waals surface area contributed by atoms with Crippen LogP contribution >= 0.6 is 0 Å². The van der Waals surface area contributed by atoms with Gasteiger partial charge in [-0.2, -0.15) is 5.26 Å². The number of benzene rings is 8. The average Bonchev–Trinajstić information content (AvgIpc) is 3.31. The fraction of sp³-hybridized carbons (Fsp3) is 0.0189. The molecule has 0 unspecified atom stereocenters. The summed E-state index contributed by atoms with van der Waals surface area (Å²) in [5.41, 5.74) is 11.0. The number of fused-ring (bicyclic) bond motifs is 2. The number of hydrogen-bond donors (Lipinski definition) is 0. The van der Waals surface area contributed by atoms with E-state index in [1.807, 2.05) is 60.7 Å². The normalized spacial score (nSPS) is 12.4. The largest absolute Gasteiger partial charge is 0.456 e. The van der Waals surface area contributed by atoms with Crippen molar-refractivity contribution in [2.45, 2.75) is 5.41 Å². The van der Waals surface area contributed by atoms with Gasteiger partial charge in [0.05, 0.1) is 17.0 Å². The number of para-hydroxylation sites is 2. The van der Waals surface area contributed by atoms with Gasteiger partial charge in [0.1, 0.15) is 11.5 Å². The van der Waals surface area contributed by atoms with E-state index in [2.05, 4.69) is 140 Å². The van der Waals surface area contributed by atoms with E-state index in [1.165, 1.54) is 0 Å². The Morgan fingerprint density at radius 1 is 0.397 bits per heavy atom. The summed E-state index contributed by atoms with van der Waals surface area (Å²) in [6, 6.07) is 72.7. The van der Waals surface area contributed by atoms with Gasteiger partial charge in [0, 0.05) is 33.4 Å².